The standard InChI is InChI=1S/C21H11Cl2NO3/c22-12-9-10-18(16(11-12)19(25)15-7-3-4-8-17(15)23)24-20(26)13-5-1-2-6-14(13)21(24)27/h1-11H. The Bertz CT molecular complexity index is 1090. The SMILES string of the molecule is O=C(c1ccccc1Cl)c1cc(Cl)ccc1N1C(=O)c2ccccc2C1=O. The Kier molecular flexibility index (Phi) is 4.30. The summed E-state index contributed by atoms with van der Waals surface area (Å²) in [6, 6.07) is 17.6. The van der Waals surface area contributed by atoms with Crippen LogP contribution < -0.4 is 4.90 Å². The van der Waals surface area contributed by atoms with E-state index in [2.05, 4.69) is 0 Å². The highest BCUT2D eigenvalue weighted by Crippen LogP contribution is 2.34. The van der Waals surface area contributed by atoms with Gasteiger partial charge in [-0.05, 0) is 42.5 Å². The summed E-state index contributed by atoms with van der Waals surface area (Å²) >= 11 is 12.2. The predicted octanol–water partition coefficient (Wildman–Crippen LogP) is 5.03. The molecule has 0 saturated carbocycles. The topological polar surface area (TPSA) is 54.5 Å². The number of carbonyl (C=O) groups excluding carboxylic acids is 3. The Hall–Kier alpha value is -2.95. The van der Waals surface area contributed by atoms with Gasteiger partial charge in [-0.1, -0.05) is 47.5 Å². The van der Waals surface area contributed by atoms with Gasteiger partial charge in [0.1, 0.15) is 0 Å². The third kappa shape index (κ3) is 2.83. The molecule has 132 valence electrons. The van der Waals surface area contributed by atoms with Crippen LogP contribution >= 0.6 is 23.2 Å². The minimum atomic E-state index is -0.480. The first kappa shape index (κ1) is 17.5. The molecule has 2 amide bonds. The van der Waals surface area contributed by atoms with Gasteiger partial charge >= 0.3 is 0 Å². The molecule has 0 unspecified atom stereocenters. The third-order valence-corrected chi connectivity index (χ3v) is 4.92. The number of benzene rings is 3. The van der Waals surface area contributed by atoms with Crippen LogP contribution in [-0.2, 0) is 0 Å². The third-order valence-electron chi connectivity index (χ3n) is 4.36. The van der Waals surface area contributed by atoms with Gasteiger partial charge in [0.2, 0.25) is 0 Å². The number of nitrogens with zero attached hydrogens (tertiary/aromatic N) is 1. The largest absolute Gasteiger partial charge is 0.288 e. The number of carbonyl (C=O) groups is 3. The van der Waals surface area contributed by atoms with Crippen LogP contribution in [-0.4, -0.2) is 17.6 Å². The zero-order valence-electron chi connectivity index (χ0n) is 13.8. The van der Waals surface area contributed by atoms with Crippen LogP contribution in [0.1, 0.15) is 36.6 Å². The fourth-order valence-corrected chi connectivity index (χ4v) is 3.48. The predicted molar refractivity (Wildman–Crippen MR) is 104 cm³/mol. The lowest BCUT2D eigenvalue weighted by Crippen LogP contribution is -2.31. The fourth-order valence-electron chi connectivity index (χ4n) is 3.08. The van der Waals surface area contributed by atoms with Crippen molar-refractivity contribution < 1.29 is 14.4 Å². The van der Waals surface area contributed by atoms with Gasteiger partial charge in [-0.3, -0.25) is 14.4 Å². The molecule has 0 fully saturated rings. The highest BCUT2D eigenvalue weighted by atomic mass is 35.5. The van der Waals surface area contributed by atoms with Crippen molar-refractivity contribution in [3.8, 4) is 0 Å². The van der Waals surface area contributed by atoms with Gasteiger partial charge in [0.25, 0.3) is 11.8 Å². The molecule has 1 heterocycles. The summed E-state index contributed by atoms with van der Waals surface area (Å²) in [5, 5.41) is 0.585. The number of rotatable bonds is 3. The number of ketones is 1. The highest BCUT2D eigenvalue weighted by Gasteiger charge is 2.38. The minimum Gasteiger partial charge on any atom is -0.288 e. The van der Waals surface area contributed by atoms with Crippen molar-refractivity contribution in [2.45, 2.75) is 0 Å². The summed E-state index contributed by atoms with van der Waals surface area (Å²) in [6.45, 7) is 0. The van der Waals surface area contributed by atoms with Gasteiger partial charge in [0.05, 0.1) is 21.8 Å². The van der Waals surface area contributed by atoms with Gasteiger partial charge in [-0.2, -0.15) is 0 Å². The Morgan fingerprint density at radius 3 is 1.96 bits per heavy atom. The first-order valence-electron chi connectivity index (χ1n) is 8.05. The Morgan fingerprint density at radius 1 is 0.741 bits per heavy atom. The van der Waals surface area contributed by atoms with E-state index in [4.69, 9.17) is 23.2 Å². The second-order valence-corrected chi connectivity index (χ2v) is 6.81. The van der Waals surface area contributed by atoms with Crippen LogP contribution in [0, 0.1) is 0 Å². The van der Waals surface area contributed by atoms with E-state index in [-0.39, 0.29) is 21.8 Å². The van der Waals surface area contributed by atoms with E-state index >= 15 is 0 Å². The molecule has 4 rings (SSSR count). The molecule has 3 aromatic rings. The van der Waals surface area contributed by atoms with Crippen LogP contribution in [0.15, 0.2) is 66.7 Å². The van der Waals surface area contributed by atoms with Crippen molar-refractivity contribution in [3.05, 3.63) is 99.0 Å². The van der Waals surface area contributed by atoms with E-state index in [9.17, 15) is 14.4 Å². The number of amides is 2. The van der Waals surface area contributed by atoms with Crippen molar-refractivity contribution in [1.82, 2.24) is 0 Å². The molecule has 4 nitrogen and oxygen atoms in total. The van der Waals surface area contributed by atoms with Gasteiger partial charge in [0, 0.05) is 16.1 Å². The average Bonchev–Trinajstić information content (AvgIpc) is 2.93. The maximum Gasteiger partial charge on any atom is 0.266 e. The van der Waals surface area contributed by atoms with E-state index in [1.807, 2.05) is 0 Å². The zero-order chi connectivity index (χ0) is 19.1. The molecule has 0 aromatic heterocycles. The number of halogens is 2. The molecule has 1 aliphatic rings. The second-order valence-electron chi connectivity index (χ2n) is 5.96. The molecular weight excluding hydrogens is 385 g/mol. The van der Waals surface area contributed by atoms with Crippen molar-refractivity contribution in [3.63, 3.8) is 0 Å². The Morgan fingerprint density at radius 2 is 1.33 bits per heavy atom. The van der Waals surface area contributed by atoms with Gasteiger partial charge in [-0.25, -0.2) is 4.90 Å². The zero-order valence-corrected chi connectivity index (χ0v) is 15.3. The van der Waals surface area contributed by atoms with Crippen LogP contribution in [0.2, 0.25) is 10.0 Å². The summed E-state index contributed by atoms with van der Waals surface area (Å²) in [4.78, 5) is 39.7. The first-order chi connectivity index (χ1) is 13.0. The average molecular weight is 396 g/mol. The fraction of sp³-hybridized carbons (Fsp3) is 0. The van der Waals surface area contributed by atoms with Crippen LogP contribution in [0.4, 0.5) is 5.69 Å². The molecule has 3 aromatic carbocycles. The lowest BCUT2D eigenvalue weighted by molar-refractivity contribution is 0.0926. The summed E-state index contributed by atoms with van der Waals surface area (Å²) in [5.74, 6) is -1.38. The smallest absolute Gasteiger partial charge is 0.266 e. The normalized spacial score (nSPS) is 13.0. The Labute approximate surface area is 164 Å². The number of hydrogen-bond acceptors (Lipinski definition) is 3. The lowest BCUT2D eigenvalue weighted by atomic mass is 10.0. The maximum absolute atomic E-state index is 13.1. The number of imide groups is 1. The quantitative estimate of drug-likeness (QED) is 0.461. The molecule has 1 aliphatic heterocycles. The van der Waals surface area contributed by atoms with Crippen LogP contribution in [0.3, 0.4) is 0 Å². The molecule has 0 radical (unpaired) electrons. The molecule has 0 spiro atoms. The number of hydrogen-bond donors (Lipinski definition) is 0. The van der Waals surface area contributed by atoms with Crippen LogP contribution in [0.25, 0.3) is 0 Å². The first-order valence-corrected chi connectivity index (χ1v) is 8.81. The molecule has 0 atom stereocenters. The summed E-state index contributed by atoms with van der Waals surface area (Å²) in [5.41, 5.74) is 1.17. The van der Waals surface area contributed by atoms with Gasteiger partial charge < -0.3 is 0 Å². The molecule has 6 heteroatoms. The van der Waals surface area contributed by atoms with Crippen molar-refractivity contribution >= 4 is 46.5 Å². The highest BCUT2D eigenvalue weighted by molar-refractivity contribution is 6.38. The summed E-state index contributed by atoms with van der Waals surface area (Å²) in [6.07, 6.45) is 0. The van der Waals surface area contributed by atoms with E-state index in [0.717, 1.165) is 4.90 Å². The molecule has 0 bridgehead atoms. The molecular formula is C21H11Cl2NO3. The van der Waals surface area contributed by atoms with Gasteiger partial charge in [0.15, 0.2) is 5.78 Å². The molecule has 0 aliphatic carbocycles. The van der Waals surface area contributed by atoms with E-state index in [0.29, 0.717) is 16.1 Å². The maximum atomic E-state index is 13.1. The summed E-state index contributed by atoms with van der Waals surface area (Å²) in [7, 11) is 0. The monoisotopic (exact) mass is 395 g/mol. The lowest BCUT2D eigenvalue weighted by Gasteiger charge is -2.18. The van der Waals surface area contributed by atoms with Crippen LogP contribution in [0.5, 0.6) is 0 Å². The molecule has 0 N–H and O–H groups in total. The van der Waals surface area contributed by atoms with E-state index in [1.54, 1.807) is 48.5 Å². The number of fused-ring (bicyclic) bond motifs is 1. The van der Waals surface area contributed by atoms with E-state index in [1.165, 1.54) is 18.2 Å². The summed E-state index contributed by atoms with van der Waals surface area (Å²) < 4.78 is 0. The second kappa shape index (κ2) is 6.65. The minimum absolute atomic E-state index is 0.130. The molecule has 0 saturated heterocycles. The van der Waals surface area contributed by atoms with Crippen molar-refractivity contribution in [2.75, 3.05) is 4.90 Å². The van der Waals surface area contributed by atoms with Gasteiger partial charge in [-0.15, -0.1) is 0 Å². The molecule has 27 heavy (non-hydrogen) atoms. The van der Waals surface area contributed by atoms with E-state index < -0.39 is 17.6 Å². The van der Waals surface area contributed by atoms with Crippen molar-refractivity contribution in [2.24, 2.45) is 0 Å². The number of anilines is 1. The Balaban J connectivity index is 1.87. The van der Waals surface area contributed by atoms with Crippen molar-refractivity contribution in [1.29, 1.82) is 0 Å².